The number of nitrogens with one attached hydrogen (secondary N) is 1. The van der Waals surface area contributed by atoms with Gasteiger partial charge in [-0.05, 0) is 58.1 Å². The minimum atomic E-state index is 0.172. The third-order valence-electron chi connectivity index (χ3n) is 4.13. The lowest BCUT2D eigenvalue weighted by Gasteiger charge is -2.31. The van der Waals surface area contributed by atoms with Crippen LogP contribution in [-0.2, 0) is 13.0 Å². The fourth-order valence-corrected chi connectivity index (χ4v) is 3.17. The Morgan fingerprint density at radius 3 is 2.81 bits per heavy atom. The predicted molar refractivity (Wildman–Crippen MR) is 86.6 cm³/mol. The van der Waals surface area contributed by atoms with E-state index in [0.29, 0.717) is 0 Å². The van der Waals surface area contributed by atoms with Gasteiger partial charge in [0.25, 0.3) is 5.91 Å². The fraction of sp³-hybridized carbons (Fsp3) is 0.588. The highest BCUT2D eigenvalue weighted by molar-refractivity contribution is 5.96. The summed E-state index contributed by atoms with van der Waals surface area (Å²) in [5.41, 5.74) is 3.39. The van der Waals surface area contributed by atoms with E-state index in [2.05, 4.69) is 30.1 Å². The highest BCUT2D eigenvalue weighted by Gasteiger charge is 2.24. The minimum Gasteiger partial charge on any atom is -0.335 e. The maximum absolute atomic E-state index is 13.0. The molecule has 1 N–H and O–H groups in total. The van der Waals surface area contributed by atoms with Crippen molar-refractivity contribution in [3.63, 3.8) is 0 Å². The zero-order chi connectivity index (χ0) is 15.4. The van der Waals surface area contributed by atoms with Gasteiger partial charge in [-0.1, -0.05) is 12.1 Å². The Bertz CT molecular complexity index is 499. The molecule has 1 aliphatic heterocycles. The van der Waals surface area contributed by atoms with E-state index in [0.717, 1.165) is 38.2 Å². The zero-order valence-corrected chi connectivity index (χ0v) is 13.6. The first kappa shape index (κ1) is 16.0. The molecule has 2 rings (SSSR count). The van der Waals surface area contributed by atoms with E-state index >= 15 is 0 Å². The Balaban J connectivity index is 2.25. The molecule has 1 atom stereocenters. The number of carbonyl (C=O) groups is 1. The number of hydrogen-bond donors (Lipinski definition) is 1. The first-order valence-corrected chi connectivity index (χ1v) is 7.81. The van der Waals surface area contributed by atoms with Gasteiger partial charge >= 0.3 is 0 Å². The highest BCUT2D eigenvalue weighted by Crippen LogP contribution is 2.21. The summed E-state index contributed by atoms with van der Waals surface area (Å²) in [6.45, 7) is 7.64. The van der Waals surface area contributed by atoms with Crippen LogP contribution in [0.3, 0.4) is 0 Å². The molecular weight excluding hydrogens is 262 g/mol. The van der Waals surface area contributed by atoms with Crippen LogP contribution in [0.4, 0.5) is 0 Å². The number of fused-ring (bicyclic) bond motifs is 1. The third kappa shape index (κ3) is 3.63. The topological polar surface area (TPSA) is 35.6 Å². The van der Waals surface area contributed by atoms with Gasteiger partial charge in [-0.25, -0.2) is 0 Å². The van der Waals surface area contributed by atoms with Crippen molar-refractivity contribution in [3.8, 4) is 0 Å². The molecule has 0 saturated heterocycles. The molecule has 116 valence electrons. The molecule has 0 spiro atoms. The second kappa shape index (κ2) is 7.05. The molecule has 1 amide bonds. The lowest BCUT2D eigenvalue weighted by molar-refractivity contribution is 0.0677. The van der Waals surface area contributed by atoms with Crippen molar-refractivity contribution in [2.24, 2.45) is 0 Å². The second-order valence-corrected chi connectivity index (χ2v) is 6.07. The van der Waals surface area contributed by atoms with E-state index in [1.165, 1.54) is 11.1 Å². The largest absolute Gasteiger partial charge is 0.335 e. The van der Waals surface area contributed by atoms with Gasteiger partial charge in [-0.15, -0.1) is 0 Å². The van der Waals surface area contributed by atoms with Crippen molar-refractivity contribution in [3.05, 3.63) is 34.9 Å². The maximum atomic E-state index is 13.0. The van der Waals surface area contributed by atoms with E-state index in [1.54, 1.807) is 0 Å². The quantitative estimate of drug-likeness (QED) is 0.897. The van der Waals surface area contributed by atoms with Gasteiger partial charge in [0, 0.05) is 31.2 Å². The van der Waals surface area contributed by atoms with Gasteiger partial charge in [0.05, 0.1) is 0 Å². The van der Waals surface area contributed by atoms with Crippen LogP contribution < -0.4 is 5.32 Å². The highest BCUT2D eigenvalue weighted by atomic mass is 16.2. The third-order valence-corrected chi connectivity index (χ3v) is 4.13. The minimum absolute atomic E-state index is 0.172. The molecule has 1 unspecified atom stereocenters. The van der Waals surface area contributed by atoms with Gasteiger partial charge in [0.2, 0.25) is 0 Å². The molecular formula is C17H27N3O. The van der Waals surface area contributed by atoms with E-state index in [9.17, 15) is 4.79 Å². The summed E-state index contributed by atoms with van der Waals surface area (Å²) >= 11 is 0. The molecule has 4 nitrogen and oxygen atoms in total. The first-order valence-electron chi connectivity index (χ1n) is 7.81. The molecule has 0 saturated carbocycles. The van der Waals surface area contributed by atoms with Crippen LogP contribution in [0.1, 0.15) is 35.3 Å². The average Bonchev–Trinajstić information content (AvgIpc) is 2.46. The van der Waals surface area contributed by atoms with Gasteiger partial charge in [0.15, 0.2) is 0 Å². The number of rotatable bonds is 5. The van der Waals surface area contributed by atoms with E-state index in [-0.39, 0.29) is 11.9 Å². The lowest BCUT2D eigenvalue weighted by atomic mass is 9.94. The molecule has 0 fully saturated rings. The van der Waals surface area contributed by atoms with Crippen molar-refractivity contribution in [1.29, 1.82) is 0 Å². The van der Waals surface area contributed by atoms with Crippen molar-refractivity contribution in [2.75, 3.05) is 33.7 Å². The molecule has 0 aliphatic carbocycles. The van der Waals surface area contributed by atoms with Crippen molar-refractivity contribution < 1.29 is 4.79 Å². The number of nitrogens with zero attached hydrogens (tertiary/aromatic N) is 2. The maximum Gasteiger partial charge on any atom is 0.254 e. The van der Waals surface area contributed by atoms with Gasteiger partial charge in [-0.3, -0.25) is 4.79 Å². The van der Waals surface area contributed by atoms with Gasteiger partial charge < -0.3 is 15.1 Å². The number of benzene rings is 1. The standard InChI is InChI=1S/C17H27N3O/c1-5-20(13(2)12-19(3)4)17(21)16-8-6-7-14-11-18-10-9-15(14)16/h6-8,13,18H,5,9-12H2,1-4H3. The van der Waals surface area contributed by atoms with Crippen LogP contribution in [0.5, 0.6) is 0 Å². The molecule has 1 heterocycles. The van der Waals surface area contributed by atoms with Gasteiger partial charge in [-0.2, -0.15) is 0 Å². The Morgan fingerprint density at radius 1 is 1.38 bits per heavy atom. The van der Waals surface area contributed by atoms with Crippen LogP contribution in [0.15, 0.2) is 18.2 Å². The summed E-state index contributed by atoms with van der Waals surface area (Å²) in [6.07, 6.45) is 0.941. The van der Waals surface area contributed by atoms with Crippen LogP contribution in [0.2, 0.25) is 0 Å². The number of hydrogen-bond acceptors (Lipinski definition) is 3. The van der Waals surface area contributed by atoms with Crippen LogP contribution >= 0.6 is 0 Å². The SMILES string of the molecule is CCN(C(=O)c1cccc2c1CCNC2)C(C)CN(C)C. The Morgan fingerprint density at radius 2 is 2.14 bits per heavy atom. The summed E-state index contributed by atoms with van der Waals surface area (Å²) in [4.78, 5) is 17.1. The van der Waals surface area contributed by atoms with Crippen LogP contribution in [0, 0.1) is 0 Å². The molecule has 0 radical (unpaired) electrons. The smallest absolute Gasteiger partial charge is 0.254 e. The van der Waals surface area contributed by atoms with E-state index < -0.39 is 0 Å². The second-order valence-electron chi connectivity index (χ2n) is 6.07. The fourth-order valence-electron chi connectivity index (χ4n) is 3.17. The number of carbonyl (C=O) groups excluding carboxylic acids is 1. The summed E-state index contributed by atoms with van der Waals surface area (Å²) in [6, 6.07) is 6.33. The van der Waals surface area contributed by atoms with Crippen LogP contribution in [0.25, 0.3) is 0 Å². The van der Waals surface area contributed by atoms with Crippen molar-refractivity contribution in [2.45, 2.75) is 32.9 Å². The Labute approximate surface area is 128 Å². The Kier molecular flexibility index (Phi) is 5.37. The molecule has 0 aromatic heterocycles. The lowest BCUT2D eigenvalue weighted by Crippen LogP contribution is -2.44. The zero-order valence-electron chi connectivity index (χ0n) is 13.6. The molecule has 21 heavy (non-hydrogen) atoms. The number of amides is 1. The van der Waals surface area contributed by atoms with E-state index in [1.807, 2.05) is 31.1 Å². The van der Waals surface area contributed by atoms with Crippen molar-refractivity contribution >= 4 is 5.91 Å². The summed E-state index contributed by atoms with van der Waals surface area (Å²) in [5.74, 6) is 0.172. The molecule has 1 aromatic rings. The number of likely N-dealkylation sites (N-methyl/N-ethyl adjacent to an activating group) is 2. The van der Waals surface area contributed by atoms with Gasteiger partial charge in [0.1, 0.15) is 0 Å². The molecule has 1 aliphatic rings. The first-order chi connectivity index (χ1) is 10.0. The Hall–Kier alpha value is -1.39. The molecule has 0 bridgehead atoms. The molecule has 1 aromatic carbocycles. The normalized spacial score (nSPS) is 15.7. The summed E-state index contributed by atoms with van der Waals surface area (Å²) in [7, 11) is 4.09. The monoisotopic (exact) mass is 289 g/mol. The molecule has 4 heteroatoms. The summed E-state index contributed by atoms with van der Waals surface area (Å²) < 4.78 is 0. The van der Waals surface area contributed by atoms with Crippen LogP contribution in [-0.4, -0.2) is 55.5 Å². The summed E-state index contributed by atoms with van der Waals surface area (Å²) in [5, 5.41) is 3.37. The van der Waals surface area contributed by atoms with E-state index in [4.69, 9.17) is 0 Å². The average molecular weight is 289 g/mol. The van der Waals surface area contributed by atoms with Crippen molar-refractivity contribution in [1.82, 2.24) is 15.1 Å². The predicted octanol–water partition coefficient (Wildman–Crippen LogP) is 1.74.